The first-order chi connectivity index (χ1) is 9.38. The molecule has 0 aliphatic carbocycles. The maximum Gasteiger partial charge on any atom is 0.265 e. The van der Waals surface area contributed by atoms with Gasteiger partial charge in [0, 0.05) is 17.7 Å². The molecule has 0 saturated carbocycles. The van der Waals surface area contributed by atoms with Gasteiger partial charge in [-0.3, -0.25) is 19.5 Å². The van der Waals surface area contributed by atoms with Crippen molar-refractivity contribution >= 4 is 5.78 Å². The number of nitrogens with one attached hydrogen (secondary N) is 1. The lowest BCUT2D eigenvalue weighted by atomic mass is 9.98. The maximum absolute atomic E-state index is 12.3. The van der Waals surface area contributed by atoms with E-state index in [2.05, 4.69) is 5.10 Å². The van der Waals surface area contributed by atoms with E-state index >= 15 is 0 Å². The van der Waals surface area contributed by atoms with Crippen molar-refractivity contribution in [1.82, 2.24) is 9.78 Å². The molecule has 0 fully saturated rings. The third kappa shape index (κ3) is 2.77. The van der Waals surface area contributed by atoms with Gasteiger partial charge in [-0.2, -0.15) is 0 Å². The average molecular weight is 272 g/mol. The number of ketones is 1. The molecule has 1 aromatic heterocycles. The van der Waals surface area contributed by atoms with E-state index in [1.807, 2.05) is 32.9 Å². The van der Waals surface area contributed by atoms with Crippen molar-refractivity contribution < 1.29 is 4.79 Å². The number of Topliss-reactive ketones (excluding diaryl/α,β-unsaturated/α-hetero) is 1. The number of rotatable bonds is 3. The van der Waals surface area contributed by atoms with E-state index in [4.69, 9.17) is 0 Å². The Labute approximate surface area is 115 Å². The molecule has 0 unspecified atom stereocenters. The van der Waals surface area contributed by atoms with Crippen molar-refractivity contribution in [1.29, 1.82) is 0 Å². The zero-order valence-corrected chi connectivity index (χ0v) is 11.7. The molecule has 1 N–H and O–H groups in total. The summed E-state index contributed by atoms with van der Waals surface area (Å²) in [6.07, 6.45) is 0. The molecule has 0 amide bonds. The number of hydrogen-bond donors (Lipinski definition) is 1. The number of hydrogen-bond acceptors (Lipinski definition) is 3. The SMILES string of the molecule is Cc1cc(C)c(C(=O)Cn2[nH]c(=O)ccc2=O)cc1C. The second-order valence-corrected chi connectivity index (χ2v) is 4.91. The summed E-state index contributed by atoms with van der Waals surface area (Å²) in [6.45, 7) is 5.60. The van der Waals surface area contributed by atoms with Crippen LogP contribution in [0, 0.1) is 20.8 Å². The Morgan fingerprint density at radius 1 is 1.05 bits per heavy atom. The van der Waals surface area contributed by atoms with Gasteiger partial charge in [0.1, 0.15) is 6.54 Å². The summed E-state index contributed by atoms with van der Waals surface area (Å²) >= 11 is 0. The van der Waals surface area contributed by atoms with Gasteiger partial charge in [-0.25, -0.2) is 4.68 Å². The fraction of sp³-hybridized carbons (Fsp3) is 0.267. The number of benzene rings is 1. The summed E-state index contributed by atoms with van der Waals surface area (Å²) in [4.78, 5) is 35.1. The second-order valence-electron chi connectivity index (χ2n) is 4.91. The number of aromatic nitrogens is 2. The molecule has 1 aromatic carbocycles. The highest BCUT2D eigenvalue weighted by atomic mass is 16.2. The molecule has 0 spiro atoms. The molecular weight excluding hydrogens is 256 g/mol. The molecule has 0 radical (unpaired) electrons. The average Bonchev–Trinajstić information content (AvgIpc) is 2.38. The van der Waals surface area contributed by atoms with Crippen LogP contribution in [0.25, 0.3) is 0 Å². The van der Waals surface area contributed by atoms with Gasteiger partial charge in [0.15, 0.2) is 5.78 Å². The molecule has 2 aromatic rings. The van der Waals surface area contributed by atoms with Gasteiger partial charge in [0.25, 0.3) is 11.1 Å². The molecule has 0 saturated heterocycles. The van der Waals surface area contributed by atoms with E-state index in [1.54, 1.807) is 0 Å². The Morgan fingerprint density at radius 3 is 2.40 bits per heavy atom. The van der Waals surface area contributed by atoms with E-state index in [9.17, 15) is 14.4 Å². The van der Waals surface area contributed by atoms with Crippen LogP contribution in [0.2, 0.25) is 0 Å². The minimum absolute atomic E-state index is 0.168. The molecule has 2 rings (SSSR count). The van der Waals surface area contributed by atoms with E-state index in [-0.39, 0.29) is 12.3 Å². The highest BCUT2D eigenvalue weighted by molar-refractivity contribution is 5.97. The molecular formula is C15H16N2O3. The Bertz CT molecular complexity index is 784. The molecule has 0 bridgehead atoms. The van der Waals surface area contributed by atoms with Gasteiger partial charge in [-0.05, 0) is 43.5 Å². The predicted molar refractivity (Wildman–Crippen MR) is 76.3 cm³/mol. The van der Waals surface area contributed by atoms with Crippen molar-refractivity contribution in [2.75, 3.05) is 0 Å². The minimum Gasteiger partial charge on any atom is -0.292 e. The second kappa shape index (κ2) is 5.28. The van der Waals surface area contributed by atoms with Gasteiger partial charge in [0.05, 0.1) is 0 Å². The molecule has 5 nitrogen and oxygen atoms in total. The highest BCUT2D eigenvalue weighted by Crippen LogP contribution is 2.16. The summed E-state index contributed by atoms with van der Waals surface area (Å²) < 4.78 is 1.03. The predicted octanol–water partition coefficient (Wildman–Crippen LogP) is 1.34. The van der Waals surface area contributed by atoms with Crippen molar-refractivity contribution in [2.45, 2.75) is 27.3 Å². The molecule has 104 valence electrons. The van der Waals surface area contributed by atoms with Crippen molar-refractivity contribution in [2.24, 2.45) is 0 Å². The van der Waals surface area contributed by atoms with Crippen molar-refractivity contribution in [3.8, 4) is 0 Å². The lowest BCUT2D eigenvalue weighted by Crippen LogP contribution is -2.31. The summed E-state index contributed by atoms with van der Waals surface area (Å²) in [5.74, 6) is -0.199. The minimum atomic E-state index is -0.408. The fourth-order valence-corrected chi connectivity index (χ4v) is 2.07. The lowest BCUT2D eigenvalue weighted by Gasteiger charge is -2.10. The summed E-state index contributed by atoms with van der Waals surface area (Å²) in [5, 5.41) is 2.35. The van der Waals surface area contributed by atoms with Crippen LogP contribution in [0.3, 0.4) is 0 Å². The largest absolute Gasteiger partial charge is 0.292 e. The first-order valence-corrected chi connectivity index (χ1v) is 6.29. The van der Waals surface area contributed by atoms with Crippen LogP contribution in [0.1, 0.15) is 27.0 Å². The van der Waals surface area contributed by atoms with Crippen LogP contribution in [0.15, 0.2) is 33.9 Å². The van der Waals surface area contributed by atoms with Gasteiger partial charge in [-0.1, -0.05) is 6.07 Å². The summed E-state index contributed by atoms with van der Waals surface area (Å²) in [6, 6.07) is 6.06. The Morgan fingerprint density at radius 2 is 1.70 bits per heavy atom. The number of carbonyl (C=O) groups excluding carboxylic acids is 1. The van der Waals surface area contributed by atoms with E-state index in [0.717, 1.165) is 33.5 Å². The quantitative estimate of drug-likeness (QED) is 0.857. The number of nitrogens with zero attached hydrogens (tertiary/aromatic N) is 1. The van der Waals surface area contributed by atoms with Crippen molar-refractivity contribution in [3.63, 3.8) is 0 Å². The van der Waals surface area contributed by atoms with Crippen LogP contribution < -0.4 is 11.1 Å². The van der Waals surface area contributed by atoms with Crippen LogP contribution >= 0.6 is 0 Å². The van der Waals surface area contributed by atoms with Gasteiger partial charge < -0.3 is 0 Å². The molecule has 0 aliphatic heterocycles. The Hall–Kier alpha value is -2.43. The first kappa shape index (κ1) is 14.0. The molecule has 1 heterocycles. The third-order valence-corrected chi connectivity index (χ3v) is 3.33. The number of H-pyrrole nitrogens is 1. The normalized spacial score (nSPS) is 10.6. The third-order valence-electron chi connectivity index (χ3n) is 3.33. The molecule has 20 heavy (non-hydrogen) atoms. The number of carbonyl (C=O) groups is 1. The smallest absolute Gasteiger partial charge is 0.265 e. The molecule has 5 heteroatoms. The lowest BCUT2D eigenvalue weighted by molar-refractivity contribution is 0.0964. The van der Waals surface area contributed by atoms with Crippen LogP contribution in [0.4, 0.5) is 0 Å². The topological polar surface area (TPSA) is 71.9 Å². The summed E-state index contributed by atoms with van der Waals surface area (Å²) in [7, 11) is 0. The monoisotopic (exact) mass is 272 g/mol. The zero-order chi connectivity index (χ0) is 14.9. The molecule has 0 atom stereocenters. The van der Waals surface area contributed by atoms with Gasteiger partial charge >= 0.3 is 0 Å². The Balaban J connectivity index is 2.38. The van der Waals surface area contributed by atoms with Crippen LogP contribution in [-0.2, 0) is 6.54 Å². The maximum atomic E-state index is 12.3. The first-order valence-electron chi connectivity index (χ1n) is 6.29. The molecule has 0 aliphatic rings. The number of aromatic amines is 1. The van der Waals surface area contributed by atoms with Crippen LogP contribution in [-0.4, -0.2) is 15.6 Å². The zero-order valence-electron chi connectivity index (χ0n) is 11.7. The van der Waals surface area contributed by atoms with E-state index in [0.29, 0.717) is 5.56 Å². The van der Waals surface area contributed by atoms with Gasteiger partial charge in [-0.15, -0.1) is 0 Å². The fourth-order valence-electron chi connectivity index (χ4n) is 2.07. The van der Waals surface area contributed by atoms with Gasteiger partial charge in [0.2, 0.25) is 0 Å². The standard InChI is InChI=1S/C15H16N2O3/c1-9-6-11(3)12(7-10(9)2)13(18)8-17-15(20)5-4-14(19)16-17/h4-7H,8H2,1-3H3,(H,16,19). The highest BCUT2D eigenvalue weighted by Gasteiger charge is 2.12. The van der Waals surface area contributed by atoms with Crippen molar-refractivity contribution in [3.05, 3.63) is 67.2 Å². The Kier molecular flexibility index (Phi) is 3.70. The van der Waals surface area contributed by atoms with E-state index in [1.165, 1.54) is 0 Å². The van der Waals surface area contributed by atoms with Crippen LogP contribution in [0.5, 0.6) is 0 Å². The summed E-state index contributed by atoms with van der Waals surface area (Å²) in [5.41, 5.74) is 2.76. The number of aryl methyl sites for hydroxylation is 3. The van der Waals surface area contributed by atoms with E-state index < -0.39 is 11.1 Å².